The minimum atomic E-state index is -2.97. The van der Waals surface area contributed by atoms with Crippen molar-refractivity contribution in [2.24, 2.45) is 5.92 Å². The number of hydrogen-bond donors (Lipinski definition) is 2. The molecule has 1 aliphatic rings. The molecule has 256 valence electrons. The first-order chi connectivity index (χ1) is 22.8. The van der Waals surface area contributed by atoms with Gasteiger partial charge in [-0.15, -0.1) is 0 Å². The van der Waals surface area contributed by atoms with Gasteiger partial charge in [0.05, 0.1) is 19.3 Å². The Morgan fingerprint density at radius 2 is 0.979 bits per heavy atom. The number of rotatable bonds is 11. The Hall–Kier alpha value is -2.93. The minimum Gasteiger partial charge on any atom is -0.407 e. The van der Waals surface area contributed by atoms with Crippen molar-refractivity contribution < 1.29 is 28.5 Å². The first kappa shape index (κ1) is 36.4. The smallest absolute Gasteiger partial charge is 0.261 e. The second kappa shape index (κ2) is 14.5. The third kappa shape index (κ3) is 6.65. The van der Waals surface area contributed by atoms with Crippen LogP contribution in [0.3, 0.4) is 0 Å². The summed E-state index contributed by atoms with van der Waals surface area (Å²) in [4.78, 5) is 0. The van der Waals surface area contributed by atoms with Crippen molar-refractivity contribution in [1.29, 1.82) is 0 Å². The lowest BCUT2D eigenvalue weighted by atomic mass is 9.91. The zero-order valence-corrected chi connectivity index (χ0v) is 31.4. The third-order valence-electron chi connectivity index (χ3n) is 9.98. The molecule has 2 N–H and O–H groups in total. The lowest BCUT2D eigenvalue weighted by Gasteiger charge is -2.50. The van der Waals surface area contributed by atoms with Gasteiger partial charge in [-0.05, 0) is 30.8 Å². The van der Waals surface area contributed by atoms with E-state index in [9.17, 15) is 10.2 Å². The summed E-state index contributed by atoms with van der Waals surface area (Å²) in [6.45, 7) is 13.5. The molecule has 48 heavy (non-hydrogen) atoms. The van der Waals surface area contributed by atoms with Crippen molar-refractivity contribution in [2.45, 2.75) is 69.6 Å². The summed E-state index contributed by atoms with van der Waals surface area (Å²) in [5.74, 6) is -2.06. The second-order valence-corrected chi connectivity index (χ2v) is 23.6. The van der Waals surface area contributed by atoms with E-state index in [2.05, 4.69) is 114 Å². The standard InChI is InChI=1S/C40H52O6Si2/c1-38(2,3)47(32-20-12-8-13-21-32,33-22-14-9-15-23-33)45-29-31-28-44-40(43-7,37(42)36(31)41)30-46-48(39(4,5)6,34-24-16-10-17-25-34)35-26-18-11-19-27-35/h8-27,31,36-37,41-42H,28-30H2,1-7H3/t31-,36-,37+,40+/m1/s1. The number of aliphatic hydroxyl groups is 2. The molecule has 4 atom stereocenters. The van der Waals surface area contributed by atoms with E-state index in [0.717, 1.165) is 20.7 Å². The van der Waals surface area contributed by atoms with Crippen LogP contribution in [0.5, 0.6) is 0 Å². The summed E-state index contributed by atoms with van der Waals surface area (Å²) in [7, 11) is -4.33. The maximum Gasteiger partial charge on any atom is 0.261 e. The summed E-state index contributed by atoms with van der Waals surface area (Å²) >= 11 is 0. The van der Waals surface area contributed by atoms with Crippen LogP contribution in [0, 0.1) is 5.92 Å². The molecule has 0 unspecified atom stereocenters. The molecule has 1 heterocycles. The second-order valence-electron chi connectivity index (χ2n) is 14.9. The molecule has 0 aromatic heterocycles. The number of ether oxygens (including phenoxy) is 2. The van der Waals surface area contributed by atoms with Gasteiger partial charge in [-0.25, -0.2) is 0 Å². The van der Waals surface area contributed by atoms with Gasteiger partial charge in [0.15, 0.2) is 0 Å². The Morgan fingerprint density at radius 1 is 0.625 bits per heavy atom. The van der Waals surface area contributed by atoms with E-state index in [4.69, 9.17) is 18.3 Å². The number of aliphatic hydroxyl groups excluding tert-OH is 2. The third-order valence-corrected chi connectivity index (χ3v) is 20.0. The fraction of sp³-hybridized carbons (Fsp3) is 0.400. The van der Waals surface area contributed by atoms with E-state index in [1.165, 1.54) is 7.11 Å². The molecule has 5 rings (SSSR count). The van der Waals surface area contributed by atoms with Crippen LogP contribution in [0.15, 0.2) is 121 Å². The molecule has 0 radical (unpaired) electrons. The Balaban J connectivity index is 1.44. The van der Waals surface area contributed by atoms with E-state index in [0.29, 0.717) is 0 Å². The van der Waals surface area contributed by atoms with Gasteiger partial charge in [0.2, 0.25) is 5.79 Å². The van der Waals surface area contributed by atoms with Crippen LogP contribution in [0.4, 0.5) is 0 Å². The molecule has 0 spiro atoms. The minimum absolute atomic E-state index is 0.0582. The van der Waals surface area contributed by atoms with Crippen LogP contribution in [-0.4, -0.2) is 71.8 Å². The molecule has 0 saturated carbocycles. The van der Waals surface area contributed by atoms with Crippen molar-refractivity contribution in [2.75, 3.05) is 26.9 Å². The quantitative estimate of drug-likeness (QED) is 0.220. The van der Waals surface area contributed by atoms with Crippen molar-refractivity contribution >= 4 is 37.4 Å². The van der Waals surface area contributed by atoms with Crippen LogP contribution in [-0.2, 0) is 18.3 Å². The zero-order chi connectivity index (χ0) is 34.6. The summed E-state index contributed by atoms with van der Waals surface area (Å²) in [6.07, 6.45) is -2.54. The predicted molar refractivity (Wildman–Crippen MR) is 198 cm³/mol. The first-order valence-corrected chi connectivity index (χ1v) is 20.7. The Morgan fingerprint density at radius 3 is 1.31 bits per heavy atom. The average Bonchev–Trinajstić information content (AvgIpc) is 3.09. The average molecular weight is 685 g/mol. The normalized spacial score (nSPS) is 22.4. The fourth-order valence-corrected chi connectivity index (χ4v) is 16.6. The van der Waals surface area contributed by atoms with Gasteiger partial charge in [0, 0.05) is 19.6 Å². The summed E-state index contributed by atoms with van der Waals surface area (Å²) in [6, 6.07) is 41.5. The van der Waals surface area contributed by atoms with Crippen LogP contribution in [0.2, 0.25) is 10.1 Å². The van der Waals surface area contributed by atoms with Gasteiger partial charge < -0.3 is 28.5 Å². The van der Waals surface area contributed by atoms with Crippen molar-refractivity contribution in [3.8, 4) is 0 Å². The van der Waals surface area contributed by atoms with E-state index in [-0.39, 0.29) is 29.9 Å². The summed E-state index contributed by atoms with van der Waals surface area (Å²) in [5, 5.41) is 27.6. The van der Waals surface area contributed by atoms with Gasteiger partial charge in [-0.1, -0.05) is 163 Å². The van der Waals surface area contributed by atoms with Crippen molar-refractivity contribution in [3.63, 3.8) is 0 Å². The molecule has 4 aromatic rings. The molecule has 1 fully saturated rings. The number of benzene rings is 4. The zero-order valence-electron chi connectivity index (χ0n) is 29.4. The van der Waals surface area contributed by atoms with E-state index < -0.39 is 40.5 Å². The maximum absolute atomic E-state index is 11.8. The number of hydrogen-bond acceptors (Lipinski definition) is 6. The van der Waals surface area contributed by atoms with E-state index >= 15 is 0 Å². The van der Waals surface area contributed by atoms with Gasteiger partial charge in [0.25, 0.3) is 16.6 Å². The lowest BCUT2D eigenvalue weighted by molar-refractivity contribution is -0.334. The molecule has 0 aliphatic carbocycles. The van der Waals surface area contributed by atoms with Crippen LogP contribution in [0.25, 0.3) is 0 Å². The Kier molecular flexibility index (Phi) is 11.0. The summed E-state index contributed by atoms with van der Waals surface area (Å²) < 4.78 is 26.7. The van der Waals surface area contributed by atoms with Gasteiger partial charge >= 0.3 is 0 Å². The molecule has 0 amide bonds. The highest BCUT2D eigenvalue weighted by atomic mass is 28.4. The van der Waals surface area contributed by atoms with Crippen molar-refractivity contribution in [3.05, 3.63) is 121 Å². The van der Waals surface area contributed by atoms with Crippen LogP contribution < -0.4 is 20.7 Å². The van der Waals surface area contributed by atoms with E-state index in [1.807, 2.05) is 48.5 Å². The topological polar surface area (TPSA) is 77.4 Å². The van der Waals surface area contributed by atoms with Gasteiger partial charge in [-0.2, -0.15) is 0 Å². The van der Waals surface area contributed by atoms with Crippen molar-refractivity contribution in [1.82, 2.24) is 0 Å². The Labute approximate surface area is 288 Å². The monoisotopic (exact) mass is 684 g/mol. The Bertz CT molecular complexity index is 1500. The lowest BCUT2D eigenvalue weighted by Crippen LogP contribution is -2.70. The molecule has 8 heteroatoms. The van der Waals surface area contributed by atoms with E-state index in [1.54, 1.807) is 0 Å². The molecular weight excluding hydrogens is 633 g/mol. The highest BCUT2D eigenvalue weighted by Crippen LogP contribution is 2.41. The molecule has 1 saturated heterocycles. The largest absolute Gasteiger partial charge is 0.407 e. The molecule has 4 aromatic carbocycles. The van der Waals surface area contributed by atoms with Crippen LogP contribution >= 0.6 is 0 Å². The molecular formula is C40H52O6Si2. The van der Waals surface area contributed by atoms with Gasteiger partial charge in [-0.3, -0.25) is 0 Å². The summed E-state index contributed by atoms with van der Waals surface area (Å²) in [5.41, 5.74) is 0. The molecule has 1 aliphatic heterocycles. The predicted octanol–water partition coefficient (Wildman–Crippen LogP) is 4.85. The SMILES string of the molecule is CO[C@@]1(CO[Si](c2ccccc2)(c2ccccc2)C(C)(C)C)OC[C@H](CO[Si](c2ccccc2)(c2ccccc2)C(C)(C)C)[C@@H](O)[C@@H]1O. The fourth-order valence-electron chi connectivity index (χ4n) is 7.43. The highest BCUT2D eigenvalue weighted by Gasteiger charge is 2.57. The molecule has 6 nitrogen and oxygen atoms in total. The highest BCUT2D eigenvalue weighted by molar-refractivity contribution is 7.00. The van der Waals surface area contributed by atoms with Crippen LogP contribution in [0.1, 0.15) is 41.5 Å². The maximum atomic E-state index is 11.8. The number of methoxy groups -OCH3 is 1. The van der Waals surface area contributed by atoms with Gasteiger partial charge in [0.1, 0.15) is 6.10 Å². The molecule has 0 bridgehead atoms. The first-order valence-electron chi connectivity index (χ1n) is 16.9.